The number of nitrogens with one attached hydrogen (secondary N) is 1. The molecule has 4 nitrogen and oxygen atoms in total. The smallest absolute Gasteiger partial charge is 0.138 e. The molecule has 0 radical (unpaired) electrons. The van der Waals surface area contributed by atoms with Crippen molar-refractivity contribution in [1.29, 1.82) is 0 Å². The highest BCUT2D eigenvalue weighted by molar-refractivity contribution is 4.97. The van der Waals surface area contributed by atoms with E-state index in [-0.39, 0.29) is 0 Å². The Morgan fingerprint density at radius 3 is 3.00 bits per heavy atom. The summed E-state index contributed by atoms with van der Waals surface area (Å²) < 4.78 is 1.89. The second kappa shape index (κ2) is 3.93. The van der Waals surface area contributed by atoms with Gasteiger partial charge in [-0.3, -0.25) is 4.68 Å². The Bertz CT molecular complexity index is 333. The van der Waals surface area contributed by atoms with Crippen LogP contribution in [0.15, 0.2) is 6.33 Å². The van der Waals surface area contributed by atoms with E-state index < -0.39 is 0 Å². The van der Waals surface area contributed by atoms with Gasteiger partial charge in [0.15, 0.2) is 0 Å². The van der Waals surface area contributed by atoms with Gasteiger partial charge in [0.25, 0.3) is 0 Å². The van der Waals surface area contributed by atoms with E-state index in [4.69, 9.17) is 0 Å². The molecular formula is C11H20N4. The van der Waals surface area contributed by atoms with Crippen molar-refractivity contribution < 1.29 is 0 Å². The quantitative estimate of drug-likeness (QED) is 0.810. The van der Waals surface area contributed by atoms with Crippen LogP contribution in [-0.4, -0.2) is 27.9 Å². The number of aryl methyl sites for hydroxylation is 1. The molecule has 15 heavy (non-hydrogen) atoms. The summed E-state index contributed by atoms with van der Waals surface area (Å²) in [6.07, 6.45) is 6.50. The summed E-state index contributed by atoms with van der Waals surface area (Å²) in [7, 11) is 4.02. The first-order valence-electron chi connectivity index (χ1n) is 5.63. The SMILES string of the molecule is CNC1CCC(C)(Cc2ncnn2C)C1. The molecule has 1 saturated carbocycles. The molecule has 1 heterocycles. The van der Waals surface area contributed by atoms with Crippen molar-refractivity contribution in [1.82, 2.24) is 20.1 Å². The van der Waals surface area contributed by atoms with E-state index in [0.29, 0.717) is 11.5 Å². The zero-order chi connectivity index (χ0) is 10.9. The number of nitrogens with zero attached hydrogens (tertiary/aromatic N) is 3. The third-order valence-corrected chi connectivity index (χ3v) is 3.63. The molecule has 0 saturated heterocycles. The van der Waals surface area contributed by atoms with E-state index in [1.807, 2.05) is 11.7 Å². The van der Waals surface area contributed by atoms with Crippen LogP contribution in [0.4, 0.5) is 0 Å². The molecular weight excluding hydrogens is 188 g/mol. The first-order chi connectivity index (χ1) is 7.13. The van der Waals surface area contributed by atoms with Crippen LogP contribution in [0.3, 0.4) is 0 Å². The van der Waals surface area contributed by atoms with Crippen LogP contribution in [0.1, 0.15) is 32.0 Å². The lowest BCUT2D eigenvalue weighted by atomic mass is 9.84. The molecule has 1 aromatic heterocycles. The van der Waals surface area contributed by atoms with Crippen LogP contribution < -0.4 is 5.32 Å². The molecule has 0 spiro atoms. The van der Waals surface area contributed by atoms with Crippen LogP contribution >= 0.6 is 0 Å². The van der Waals surface area contributed by atoms with Crippen molar-refractivity contribution in [2.45, 2.75) is 38.6 Å². The Labute approximate surface area is 91.1 Å². The normalized spacial score (nSPS) is 31.0. The van der Waals surface area contributed by atoms with Crippen LogP contribution in [-0.2, 0) is 13.5 Å². The second-order valence-corrected chi connectivity index (χ2v) is 5.02. The molecule has 4 heteroatoms. The maximum Gasteiger partial charge on any atom is 0.138 e. The molecule has 1 aliphatic rings. The molecule has 2 rings (SSSR count). The standard InChI is InChI=1S/C11H20N4/c1-11(5-4-9(6-11)12-2)7-10-13-8-14-15(10)3/h8-9,12H,4-7H2,1-3H3. The molecule has 1 fully saturated rings. The highest BCUT2D eigenvalue weighted by Gasteiger charge is 2.35. The maximum atomic E-state index is 4.31. The molecule has 1 N–H and O–H groups in total. The van der Waals surface area contributed by atoms with E-state index in [1.54, 1.807) is 6.33 Å². The summed E-state index contributed by atoms with van der Waals surface area (Å²) in [5.41, 5.74) is 0.397. The fraction of sp³-hybridized carbons (Fsp3) is 0.818. The lowest BCUT2D eigenvalue weighted by molar-refractivity contribution is 0.313. The van der Waals surface area contributed by atoms with Crippen molar-refractivity contribution in [3.05, 3.63) is 12.2 Å². The largest absolute Gasteiger partial charge is 0.317 e. The Balaban J connectivity index is 2.03. The highest BCUT2D eigenvalue weighted by Crippen LogP contribution is 2.39. The van der Waals surface area contributed by atoms with Crippen molar-refractivity contribution in [3.8, 4) is 0 Å². The van der Waals surface area contributed by atoms with Crippen LogP contribution in [0, 0.1) is 5.41 Å². The number of hydrogen-bond donors (Lipinski definition) is 1. The monoisotopic (exact) mass is 208 g/mol. The van der Waals surface area contributed by atoms with Crippen LogP contribution in [0.5, 0.6) is 0 Å². The second-order valence-electron chi connectivity index (χ2n) is 5.02. The van der Waals surface area contributed by atoms with Gasteiger partial charge in [-0.2, -0.15) is 5.10 Å². The molecule has 0 amide bonds. The van der Waals surface area contributed by atoms with E-state index in [0.717, 1.165) is 12.2 Å². The average molecular weight is 208 g/mol. The Morgan fingerprint density at radius 2 is 2.47 bits per heavy atom. The van der Waals surface area contributed by atoms with E-state index in [1.165, 1.54) is 19.3 Å². The zero-order valence-electron chi connectivity index (χ0n) is 9.82. The molecule has 1 aliphatic carbocycles. The summed E-state index contributed by atoms with van der Waals surface area (Å²) in [5, 5.41) is 7.49. The predicted octanol–water partition coefficient (Wildman–Crippen LogP) is 1.14. The summed E-state index contributed by atoms with van der Waals surface area (Å²) >= 11 is 0. The minimum Gasteiger partial charge on any atom is -0.317 e. The minimum atomic E-state index is 0.397. The first kappa shape index (κ1) is 10.6. The molecule has 2 unspecified atom stereocenters. The lowest BCUT2D eigenvalue weighted by Crippen LogP contribution is -2.25. The number of rotatable bonds is 3. The fourth-order valence-corrected chi connectivity index (χ4v) is 2.59. The molecule has 1 aromatic rings. The van der Waals surface area contributed by atoms with Crippen LogP contribution in [0.2, 0.25) is 0 Å². The summed E-state index contributed by atoms with van der Waals surface area (Å²) in [4.78, 5) is 4.31. The summed E-state index contributed by atoms with van der Waals surface area (Å²) in [6.45, 7) is 2.36. The van der Waals surface area contributed by atoms with Gasteiger partial charge in [0.2, 0.25) is 0 Å². The van der Waals surface area contributed by atoms with Crippen molar-refractivity contribution in [2.75, 3.05) is 7.05 Å². The Hall–Kier alpha value is -0.900. The van der Waals surface area contributed by atoms with Gasteiger partial charge >= 0.3 is 0 Å². The van der Waals surface area contributed by atoms with Crippen LogP contribution in [0.25, 0.3) is 0 Å². The molecule has 0 aliphatic heterocycles. The third-order valence-electron chi connectivity index (χ3n) is 3.63. The van der Waals surface area contributed by atoms with Gasteiger partial charge in [0.1, 0.15) is 12.2 Å². The highest BCUT2D eigenvalue weighted by atomic mass is 15.3. The van der Waals surface area contributed by atoms with Gasteiger partial charge in [-0.25, -0.2) is 4.98 Å². The molecule has 0 aromatic carbocycles. The van der Waals surface area contributed by atoms with Gasteiger partial charge in [-0.1, -0.05) is 6.92 Å². The van der Waals surface area contributed by atoms with Crippen molar-refractivity contribution in [3.63, 3.8) is 0 Å². The van der Waals surface area contributed by atoms with Gasteiger partial charge in [0, 0.05) is 19.5 Å². The average Bonchev–Trinajstić information content (AvgIpc) is 2.75. The third kappa shape index (κ3) is 2.20. The van der Waals surface area contributed by atoms with Gasteiger partial charge in [0.05, 0.1) is 0 Å². The maximum absolute atomic E-state index is 4.31. The van der Waals surface area contributed by atoms with E-state index in [9.17, 15) is 0 Å². The Morgan fingerprint density at radius 1 is 1.67 bits per heavy atom. The summed E-state index contributed by atoms with van der Waals surface area (Å²) in [6, 6.07) is 0.684. The van der Waals surface area contributed by atoms with Gasteiger partial charge in [-0.05, 0) is 31.7 Å². The predicted molar refractivity (Wildman–Crippen MR) is 59.5 cm³/mol. The number of hydrogen-bond acceptors (Lipinski definition) is 3. The van der Waals surface area contributed by atoms with E-state index >= 15 is 0 Å². The van der Waals surface area contributed by atoms with Crippen molar-refractivity contribution >= 4 is 0 Å². The summed E-state index contributed by atoms with van der Waals surface area (Å²) in [5.74, 6) is 1.11. The van der Waals surface area contributed by atoms with Crippen molar-refractivity contribution in [2.24, 2.45) is 12.5 Å². The first-order valence-corrected chi connectivity index (χ1v) is 5.63. The molecule has 84 valence electrons. The number of aromatic nitrogens is 3. The fourth-order valence-electron chi connectivity index (χ4n) is 2.59. The minimum absolute atomic E-state index is 0.397. The Kier molecular flexibility index (Phi) is 2.78. The lowest BCUT2D eigenvalue weighted by Gasteiger charge is -2.23. The van der Waals surface area contributed by atoms with Gasteiger partial charge < -0.3 is 5.32 Å². The zero-order valence-corrected chi connectivity index (χ0v) is 9.82. The van der Waals surface area contributed by atoms with Gasteiger partial charge in [-0.15, -0.1) is 0 Å². The topological polar surface area (TPSA) is 42.7 Å². The molecule has 2 atom stereocenters. The molecule has 0 bridgehead atoms. The van der Waals surface area contributed by atoms with E-state index in [2.05, 4.69) is 29.4 Å².